The minimum atomic E-state index is -0.357. The van der Waals surface area contributed by atoms with Gasteiger partial charge >= 0.3 is 0 Å². The van der Waals surface area contributed by atoms with Gasteiger partial charge < -0.3 is 9.88 Å². The maximum Gasteiger partial charge on any atom is 0.253 e. The van der Waals surface area contributed by atoms with Crippen molar-refractivity contribution >= 4 is 28.6 Å². The van der Waals surface area contributed by atoms with Crippen molar-refractivity contribution in [3.05, 3.63) is 59.7 Å². The molecule has 28 heavy (non-hydrogen) atoms. The summed E-state index contributed by atoms with van der Waals surface area (Å²) in [7, 11) is 0. The van der Waals surface area contributed by atoms with E-state index in [1.807, 2.05) is 29.0 Å². The Balaban J connectivity index is 1.68. The second kappa shape index (κ2) is 8.35. The van der Waals surface area contributed by atoms with Crippen LogP contribution < -0.4 is 5.32 Å². The normalized spacial score (nSPS) is 15.1. The van der Waals surface area contributed by atoms with Crippen molar-refractivity contribution in [1.29, 1.82) is 0 Å². The molecular weight excluding hydrogens is 373 g/mol. The molecular formula is C22H24FN3OS. The van der Waals surface area contributed by atoms with Crippen molar-refractivity contribution in [3.63, 3.8) is 0 Å². The standard InChI is InChI=1S/C22H24FN3OS/c1-28-20-12-15(10-11-24-20)13-26-14-17(21-18(23)8-5-9-19(21)26)22(27)25-16-6-3-2-4-7-16/h5,8-12,14,16H,2-4,6-7,13H2,1H3,(H,25,27). The van der Waals surface area contributed by atoms with Gasteiger partial charge in [0.25, 0.3) is 5.91 Å². The van der Waals surface area contributed by atoms with E-state index in [0.29, 0.717) is 17.5 Å². The molecule has 0 atom stereocenters. The van der Waals surface area contributed by atoms with E-state index >= 15 is 0 Å². The highest BCUT2D eigenvalue weighted by Gasteiger charge is 2.22. The highest BCUT2D eigenvalue weighted by Crippen LogP contribution is 2.27. The second-order valence-corrected chi connectivity index (χ2v) is 8.15. The Bertz CT molecular complexity index is 995. The van der Waals surface area contributed by atoms with Crippen molar-refractivity contribution in [1.82, 2.24) is 14.9 Å². The second-order valence-electron chi connectivity index (χ2n) is 7.32. The topological polar surface area (TPSA) is 46.9 Å². The molecule has 1 aliphatic rings. The summed E-state index contributed by atoms with van der Waals surface area (Å²) in [6.45, 7) is 0.562. The summed E-state index contributed by atoms with van der Waals surface area (Å²) < 4.78 is 16.6. The molecule has 6 heteroatoms. The molecule has 0 unspecified atom stereocenters. The zero-order valence-corrected chi connectivity index (χ0v) is 16.8. The number of benzene rings is 1. The third-order valence-electron chi connectivity index (χ3n) is 5.40. The van der Waals surface area contributed by atoms with Crippen LogP contribution in [-0.4, -0.2) is 27.8 Å². The van der Waals surface area contributed by atoms with Crippen LogP contribution in [0.1, 0.15) is 48.0 Å². The van der Waals surface area contributed by atoms with Crippen LogP contribution >= 0.6 is 11.8 Å². The number of hydrogen-bond acceptors (Lipinski definition) is 3. The van der Waals surface area contributed by atoms with E-state index in [0.717, 1.165) is 41.8 Å². The largest absolute Gasteiger partial charge is 0.349 e. The number of carbonyl (C=O) groups is 1. The van der Waals surface area contributed by atoms with Gasteiger partial charge in [0.1, 0.15) is 5.82 Å². The van der Waals surface area contributed by atoms with Crippen molar-refractivity contribution in [2.45, 2.75) is 49.7 Å². The lowest BCUT2D eigenvalue weighted by atomic mass is 9.95. The number of thioether (sulfide) groups is 1. The quantitative estimate of drug-likeness (QED) is 0.616. The smallest absolute Gasteiger partial charge is 0.253 e. The lowest BCUT2D eigenvalue weighted by Gasteiger charge is -2.22. The Kier molecular flexibility index (Phi) is 5.67. The van der Waals surface area contributed by atoms with Crippen LogP contribution in [0.4, 0.5) is 4.39 Å². The molecule has 146 valence electrons. The van der Waals surface area contributed by atoms with E-state index in [1.165, 1.54) is 12.5 Å². The van der Waals surface area contributed by atoms with Crippen molar-refractivity contribution in [3.8, 4) is 0 Å². The summed E-state index contributed by atoms with van der Waals surface area (Å²) >= 11 is 1.58. The third-order valence-corrected chi connectivity index (χ3v) is 6.04. The molecule has 1 fully saturated rings. The molecule has 0 radical (unpaired) electrons. The van der Waals surface area contributed by atoms with E-state index in [4.69, 9.17) is 0 Å². The summed E-state index contributed by atoms with van der Waals surface area (Å²) in [5.41, 5.74) is 2.22. The fraction of sp³-hybridized carbons (Fsp3) is 0.364. The van der Waals surface area contributed by atoms with Crippen molar-refractivity contribution in [2.75, 3.05) is 6.26 Å². The Hall–Kier alpha value is -2.34. The van der Waals surface area contributed by atoms with E-state index < -0.39 is 0 Å². The van der Waals surface area contributed by atoms with Crippen LogP contribution in [0.15, 0.2) is 47.8 Å². The average molecular weight is 398 g/mol. The van der Waals surface area contributed by atoms with Crippen molar-refractivity contribution < 1.29 is 9.18 Å². The first-order valence-electron chi connectivity index (χ1n) is 9.73. The molecule has 1 aromatic carbocycles. The summed E-state index contributed by atoms with van der Waals surface area (Å²) in [4.78, 5) is 17.2. The molecule has 2 aromatic heterocycles. The molecule has 0 bridgehead atoms. The van der Waals surface area contributed by atoms with Gasteiger partial charge in [0.05, 0.1) is 16.1 Å². The van der Waals surface area contributed by atoms with Crippen molar-refractivity contribution in [2.24, 2.45) is 0 Å². The van der Waals surface area contributed by atoms with Crippen LogP contribution in [0.3, 0.4) is 0 Å². The Morgan fingerprint density at radius 1 is 1.29 bits per heavy atom. The van der Waals surface area contributed by atoms with Gasteiger partial charge in [-0.3, -0.25) is 4.79 Å². The Morgan fingerprint density at radius 3 is 2.89 bits per heavy atom. The summed E-state index contributed by atoms with van der Waals surface area (Å²) in [5, 5.41) is 4.46. The average Bonchev–Trinajstić information content (AvgIpc) is 3.09. The fourth-order valence-corrected chi connectivity index (χ4v) is 4.41. The monoisotopic (exact) mass is 397 g/mol. The zero-order valence-electron chi connectivity index (χ0n) is 16.0. The van der Waals surface area contributed by atoms with Gasteiger partial charge in [-0.1, -0.05) is 25.3 Å². The maximum absolute atomic E-state index is 14.6. The van der Waals surface area contributed by atoms with Gasteiger partial charge in [0.15, 0.2) is 0 Å². The summed E-state index contributed by atoms with van der Waals surface area (Å²) in [5.74, 6) is -0.537. The number of fused-ring (bicyclic) bond motifs is 1. The van der Waals surface area contributed by atoms with Gasteiger partial charge in [0.2, 0.25) is 0 Å². The number of hydrogen-bond donors (Lipinski definition) is 1. The lowest BCUT2D eigenvalue weighted by molar-refractivity contribution is 0.0929. The number of halogens is 1. The molecule has 0 spiro atoms. The molecule has 0 aliphatic heterocycles. The van der Waals surface area contributed by atoms with Gasteiger partial charge in [-0.2, -0.15) is 0 Å². The molecule has 1 N–H and O–H groups in total. The molecule has 0 saturated heterocycles. The number of nitrogens with one attached hydrogen (secondary N) is 1. The summed E-state index contributed by atoms with van der Waals surface area (Å²) in [6, 6.07) is 9.14. The minimum absolute atomic E-state index is 0.180. The Labute approximate surface area is 168 Å². The van der Waals surface area contributed by atoms with E-state index in [2.05, 4.69) is 10.3 Å². The predicted octanol–water partition coefficient (Wildman–Crippen LogP) is 5.01. The maximum atomic E-state index is 14.6. The highest BCUT2D eigenvalue weighted by molar-refractivity contribution is 7.98. The number of aromatic nitrogens is 2. The number of pyridine rings is 1. The molecule has 4 rings (SSSR count). The molecule has 1 aliphatic carbocycles. The number of nitrogens with zero attached hydrogens (tertiary/aromatic N) is 2. The number of amides is 1. The minimum Gasteiger partial charge on any atom is -0.349 e. The predicted molar refractivity (Wildman–Crippen MR) is 111 cm³/mol. The van der Waals surface area contributed by atoms with Gasteiger partial charge in [0, 0.05) is 30.4 Å². The number of carbonyl (C=O) groups excluding carboxylic acids is 1. The Morgan fingerprint density at radius 2 is 2.11 bits per heavy atom. The zero-order chi connectivity index (χ0) is 19.5. The van der Waals surface area contributed by atoms with E-state index in [9.17, 15) is 9.18 Å². The van der Waals surface area contributed by atoms with Gasteiger partial charge in [-0.05, 0) is 48.9 Å². The van der Waals surface area contributed by atoms with Gasteiger partial charge in [-0.15, -0.1) is 11.8 Å². The first-order valence-corrected chi connectivity index (χ1v) is 11.0. The first-order chi connectivity index (χ1) is 13.7. The number of rotatable bonds is 5. The van der Waals surface area contributed by atoms with Crippen LogP contribution in [0.25, 0.3) is 10.9 Å². The molecule has 4 nitrogen and oxygen atoms in total. The molecule has 3 aromatic rings. The fourth-order valence-electron chi connectivity index (χ4n) is 3.98. The van der Waals surface area contributed by atoms with Crippen LogP contribution in [0, 0.1) is 5.82 Å². The van der Waals surface area contributed by atoms with Crippen LogP contribution in [-0.2, 0) is 6.54 Å². The highest BCUT2D eigenvalue weighted by atomic mass is 32.2. The molecule has 2 heterocycles. The lowest BCUT2D eigenvalue weighted by Crippen LogP contribution is -2.36. The van der Waals surface area contributed by atoms with Gasteiger partial charge in [-0.25, -0.2) is 9.37 Å². The van der Waals surface area contributed by atoms with Crippen LogP contribution in [0.5, 0.6) is 0 Å². The SMILES string of the molecule is CSc1cc(Cn2cc(C(=O)NC3CCCCC3)c3c(F)cccc32)ccn1. The van der Waals surface area contributed by atoms with E-state index in [1.54, 1.807) is 30.2 Å². The third kappa shape index (κ3) is 3.92. The van der Waals surface area contributed by atoms with E-state index in [-0.39, 0.29) is 17.8 Å². The molecule has 1 saturated carbocycles. The summed E-state index contributed by atoms with van der Waals surface area (Å²) in [6.07, 6.45) is 11.1. The first kappa shape index (κ1) is 19.0. The van der Waals surface area contributed by atoms with Crippen LogP contribution in [0.2, 0.25) is 0 Å². The molecule has 1 amide bonds.